The van der Waals surface area contributed by atoms with Gasteiger partial charge in [-0.3, -0.25) is 4.68 Å². The molecule has 0 aromatic carbocycles. The van der Waals surface area contributed by atoms with Gasteiger partial charge in [-0.1, -0.05) is 13.3 Å². The Hall–Kier alpha value is -1.36. The van der Waals surface area contributed by atoms with Gasteiger partial charge in [-0.25, -0.2) is 4.79 Å². The van der Waals surface area contributed by atoms with E-state index in [4.69, 9.17) is 9.84 Å². The Labute approximate surface area is 101 Å². The standard InChI is InChI=1S/C12H20N2O3/c1-3-6-11-10(12(16)17-4-2)9-14(13-11)7-5-8-15/h9,15H,3-8H2,1-2H3. The molecule has 0 spiro atoms. The van der Waals surface area contributed by atoms with Crippen LogP contribution in [0.5, 0.6) is 0 Å². The van der Waals surface area contributed by atoms with Gasteiger partial charge in [0.15, 0.2) is 0 Å². The zero-order chi connectivity index (χ0) is 12.7. The summed E-state index contributed by atoms with van der Waals surface area (Å²) in [6, 6.07) is 0. The molecule has 0 bridgehead atoms. The molecule has 5 heteroatoms. The highest BCUT2D eigenvalue weighted by Crippen LogP contribution is 2.11. The smallest absolute Gasteiger partial charge is 0.341 e. The van der Waals surface area contributed by atoms with Crippen molar-refractivity contribution in [2.75, 3.05) is 13.2 Å². The zero-order valence-corrected chi connectivity index (χ0v) is 10.5. The summed E-state index contributed by atoms with van der Waals surface area (Å²) in [4.78, 5) is 11.7. The Morgan fingerprint density at radius 3 is 2.88 bits per heavy atom. The van der Waals surface area contributed by atoms with Crippen molar-refractivity contribution in [1.82, 2.24) is 9.78 Å². The first-order chi connectivity index (χ1) is 8.22. The Bertz CT molecular complexity index is 361. The van der Waals surface area contributed by atoms with Crippen molar-refractivity contribution in [3.63, 3.8) is 0 Å². The van der Waals surface area contributed by atoms with Crippen molar-refractivity contribution in [3.05, 3.63) is 17.5 Å². The summed E-state index contributed by atoms with van der Waals surface area (Å²) in [5, 5.41) is 13.1. The van der Waals surface area contributed by atoms with Crippen LogP contribution in [0.2, 0.25) is 0 Å². The Morgan fingerprint density at radius 2 is 2.29 bits per heavy atom. The molecule has 0 amide bonds. The van der Waals surface area contributed by atoms with E-state index in [1.54, 1.807) is 17.8 Å². The van der Waals surface area contributed by atoms with E-state index in [1.807, 2.05) is 6.92 Å². The van der Waals surface area contributed by atoms with E-state index in [0.717, 1.165) is 18.5 Å². The summed E-state index contributed by atoms with van der Waals surface area (Å²) in [5.74, 6) is -0.314. The van der Waals surface area contributed by atoms with Crippen LogP contribution in [-0.2, 0) is 17.7 Å². The second kappa shape index (κ2) is 7.06. The maximum atomic E-state index is 11.7. The molecule has 0 aliphatic heterocycles. The molecule has 0 atom stereocenters. The number of nitrogens with zero attached hydrogens (tertiary/aromatic N) is 2. The summed E-state index contributed by atoms with van der Waals surface area (Å²) in [5.41, 5.74) is 1.33. The molecule has 1 heterocycles. The van der Waals surface area contributed by atoms with Crippen LogP contribution in [0.3, 0.4) is 0 Å². The summed E-state index contributed by atoms with van der Waals surface area (Å²) in [7, 11) is 0. The lowest BCUT2D eigenvalue weighted by Gasteiger charge is -2.00. The average molecular weight is 240 g/mol. The number of hydrogen-bond donors (Lipinski definition) is 1. The van der Waals surface area contributed by atoms with Crippen LogP contribution in [0.25, 0.3) is 0 Å². The molecular formula is C12H20N2O3. The fourth-order valence-corrected chi connectivity index (χ4v) is 1.61. The third kappa shape index (κ3) is 3.85. The minimum atomic E-state index is -0.314. The number of aryl methyl sites for hydroxylation is 2. The van der Waals surface area contributed by atoms with E-state index >= 15 is 0 Å². The van der Waals surface area contributed by atoms with Gasteiger partial charge in [0.25, 0.3) is 0 Å². The van der Waals surface area contributed by atoms with E-state index in [2.05, 4.69) is 5.10 Å². The lowest BCUT2D eigenvalue weighted by Crippen LogP contribution is -2.06. The molecule has 0 aliphatic carbocycles. The lowest BCUT2D eigenvalue weighted by atomic mass is 10.2. The summed E-state index contributed by atoms with van der Waals surface area (Å²) >= 11 is 0. The van der Waals surface area contributed by atoms with Gasteiger partial charge in [0.05, 0.1) is 12.3 Å². The molecule has 0 saturated carbocycles. The van der Waals surface area contributed by atoms with Crippen LogP contribution in [0.15, 0.2) is 6.20 Å². The van der Waals surface area contributed by atoms with E-state index in [9.17, 15) is 4.79 Å². The third-order valence-electron chi connectivity index (χ3n) is 2.37. The molecule has 1 aromatic heterocycles. The second-order valence-corrected chi connectivity index (χ2v) is 3.80. The number of ether oxygens (including phenoxy) is 1. The number of carbonyl (C=O) groups is 1. The molecule has 0 unspecified atom stereocenters. The SMILES string of the molecule is CCCc1nn(CCCO)cc1C(=O)OCC. The van der Waals surface area contributed by atoms with Crippen molar-refractivity contribution in [1.29, 1.82) is 0 Å². The monoisotopic (exact) mass is 240 g/mol. The summed E-state index contributed by atoms with van der Waals surface area (Å²) in [6.45, 7) is 4.94. The van der Waals surface area contributed by atoms with Crippen LogP contribution in [-0.4, -0.2) is 34.1 Å². The van der Waals surface area contributed by atoms with Crippen molar-refractivity contribution in [2.45, 2.75) is 39.7 Å². The zero-order valence-electron chi connectivity index (χ0n) is 10.5. The second-order valence-electron chi connectivity index (χ2n) is 3.80. The van der Waals surface area contributed by atoms with Crippen LogP contribution in [0, 0.1) is 0 Å². The molecule has 0 radical (unpaired) electrons. The van der Waals surface area contributed by atoms with E-state index in [-0.39, 0.29) is 12.6 Å². The quantitative estimate of drug-likeness (QED) is 0.732. The number of rotatable bonds is 7. The first-order valence-corrected chi connectivity index (χ1v) is 6.07. The highest BCUT2D eigenvalue weighted by atomic mass is 16.5. The predicted octanol–water partition coefficient (Wildman–Crippen LogP) is 1.39. The van der Waals surface area contributed by atoms with Crippen LogP contribution in [0.4, 0.5) is 0 Å². The van der Waals surface area contributed by atoms with Crippen molar-refractivity contribution < 1.29 is 14.6 Å². The number of esters is 1. The number of aliphatic hydroxyl groups excluding tert-OH is 1. The molecule has 0 saturated heterocycles. The normalized spacial score (nSPS) is 10.5. The molecular weight excluding hydrogens is 220 g/mol. The van der Waals surface area contributed by atoms with Gasteiger partial charge in [0.2, 0.25) is 0 Å². The minimum absolute atomic E-state index is 0.123. The van der Waals surface area contributed by atoms with Crippen LogP contribution in [0.1, 0.15) is 42.7 Å². The molecule has 1 rings (SSSR count). The number of hydrogen-bond acceptors (Lipinski definition) is 4. The van der Waals surface area contributed by atoms with Crippen LogP contribution >= 0.6 is 0 Å². The van der Waals surface area contributed by atoms with Gasteiger partial charge in [-0.15, -0.1) is 0 Å². The highest BCUT2D eigenvalue weighted by Gasteiger charge is 2.16. The van der Waals surface area contributed by atoms with Gasteiger partial charge in [0.1, 0.15) is 5.56 Å². The Kier molecular flexibility index (Phi) is 5.69. The Morgan fingerprint density at radius 1 is 1.53 bits per heavy atom. The van der Waals surface area contributed by atoms with E-state index in [1.165, 1.54) is 0 Å². The van der Waals surface area contributed by atoms with Gasteiger partial charge >= 0.3 is 5.97 Å². The molecule has 96 valence electrons. The summed E-state index contributed by atoms with van der Waals surface area (Å²) < 4.78 is 6.69. The van der Waals surface area contributed by atoms with Crippen LogP contribution < -0.4 is 0 Å². The molecule has 0 fully saturated rings. The maximum Gasteiger partial charge on any atom is 0.341 e. The number of carbonyl (C=O) groups excluding carboxylic acids is 1. The molecule has 0 aliphatic rings. The number of aromatic nitrogens is 2. The largest absolute Gasteiger partial charge is 0.462 e. The third-order valence-corrected chi connectivity index (χ3v) is 2.37. The van der Waals surface area contributed by atoms with E-state index in [0.29, 0.717) is 25.1 Å². The van der Waals surface area contributed by atoms with Crippen molar-refractivity contribution in [2.24, 2.45) is 0 Å². The van der Waals surface area contributed by atoms with Gasteiger partial charge in [-0.2, -0.15) is 5.10 Å². The van der Waals surface area contributed by atoms with E-state index < -0.39 is 0 Å². The average Bonchev–Trinajstić information content (AvgIpc) is 2.70. The number of aliphatic hydroxyl groups is 1. The topological polar surface area (TPSA) is 64.3 Å². The Balaban J connectivity index is 2.84. The van der Waals surface area contributed by atoms with Gasteiger partial charge in [0, 0.05) is 19.3 Å². The van der Waals surface area contributed by atoms with Gasteiger partial charge < -0.3 is 9.84 Å². The first kappa shape index (κ1) is 13.7. The highest BCUT2D eigenvalue weighted by molar-refractivity contribution is 5.90. The maximum absolute atomic E-state index is 11.7. The first-order valence-electron chi connectivity index (χ1n) is 6.07. The molecule has 5 nitrogen and oxygen atoms in total. The van der Waals surface area contributed by atoms with Gasteiger partial charge in [-0.05, 0) is 19.8 Å². The minimum Gasteiger partial charge on any atom is -0.462 e. The van der Waals surface area contributed by atoms with Crippen molar-refractivity contribution in [3.8, 4) is 0 Å². The van der Waals surface area contributed by atoms with Crippen molar-refractivity contribution >= 4 is 5.97 Å². The fraction of sp³-hybridized carbons (Fsp3) is 0.667. The predicted molar refractivity (Wildman–Crippen MR) is 63.9 cm³/mol. The lowest BCUT2D eigenvalue weighted by molar-refractivity contribution is 0.0525. The molecule has 1 N–H and O–H groups in total. The molecule has 17 heavy (non-hydrogen) atoms. The fourth-order valence-electron chi connectivity index (χ4n) is 1.61. The summed E-state index contributed by atoms with van der Waals surface area (Å²) in [6.07, 6.45) is 4.04. The molecule has 1 aromatic rings.